The predicted molar refractivity (Wildman–Crippen MR) is 119 cm³/mol. The second kappa shape index (κ2) is 9.01. The van der Waals surface area contributed by atoms with Crippen LogP contribution in [0.2, 0.25) is 0 Å². The number of carbonyl (C=O) groups excluding carboxylic acids is 1. The molecule has 1 aliphatic rings. The molecule has 2 atom stereocenters. The van der Waals surface area contributed by atoms with E-state index in [2.05, 4.69) is 5.32 Å². The van der Waals surface area contributed by atoms with Crippen molar-refractivity contribution < 1.29 is 14.3 Å². The lowest BCUT2D eigenvalue weighted by atomic mass is 10.0. The van der Waals surface area contributed by atoms with Crippen LogP contribution in [0.1, 0.15) is 6.92 Å². The maximum Gasteiger partial charge on any atom is 0.241 e. The highest BCUT2D eigenvalue weighted by Gasteiger charge is 2.26. The summed E-state index contributed by atoms with van der Waals surface area (Å²) in [5.41, 5.74) is 2.88. The minimum atomic E-state index is -0.324. The molecule has 3 aromatic carbocycles. The molecule has 0 aliphatic carbocycles. The van der Waals surface area contributed by atoms with Gasteiger partial charge in [0, 0.05) is 17.8 Å². The van der Waals surface area contributed by atoms with Gasteiger partial charge in [0.15, 0.2) is 11.5 Å². The van der Waals surface area contributed by atoms with Gasteiger partial charge >= 0.3 is 0 Å². The fourth-order valence-electron chi connectivity index (χ4n) is 3.53. The van der Waals surface area contributed by atoms with Crippen molar-refractivity contribution in [3.63, 3.8) is 0 Å². The van der Waals surface area contributed by atoms with Gasteiger partial charge in [-0.15, -0.1) is 0 Å². The molecule has 3 aromatic rings. The second-order valence-corrected chi connectivity index (χ2v) is 7.51. The second-order valence-electron chi connectivity index (χ2n) is 7.51. The van der Waals surface area contributed by atoms with Gasteiger partial charge in [-0.1, -0.05) is 60.7 Å². The van der Waals surface area contributed by atoms with E-state index in [0.717, 1.165) is 28.3 Å². The topological polar surface area (TPSA) is 50.8 Å². The Morgan fingerprint density at radius 3 is 2.47 bits per heavy atom. The van der Waals surface area contributed by atoms with Crippen LogP contribution in [0.5, 0.6) is 11.5 Å². The molecule has 5 nitrogen and oxygen atoms in total. The molecule has 1 amide bonds. The highest BCUT2D eigenvalue weighted by molar-refractivity contribution is 5.98. The third-order valence-corrected chi connectivity index (χ3v) is 5.37. The molecule has 1 heterocycles. The summed E-state index contributed by atoms with van der Waals surface area (Å²) in [4.78, 5) is 14.9. The number of anilines is 1. The maximum absolute atomic E-state index is 13.0. The van der Waals surface area contributed by atoms with Crippen molar-refractivity contribution in [1.29, 1.82) is 0 Å². The standard InChI is InChI=1S/C25H26N2O3/c1-18(27(2)16-20-17-29-23-14-8-9-15-24(23)30-20)25(28)26-22-13-7-6-12-21(22)19-10-4-3-5-11-19/h3-15,18,20H,16-17H2,1-2H3,(H,26,28)/t18-,20-/m1/s1. The zero-order chi connectivity index (χ0) is 20.9. The zero-order valence-corrected chi connectivity index (χ0v) is 17.2. The maximum atomic E-state index is 13.0. The van der Waals surface area contributed by atoms with E-state index < -0.39 is 0 Å². The first-order valence-electron chi connectivity index (χ1n) is 10.2. The van der Waals surface area contributed by atoms with Gasteiger partial charge in [0.05, 0.1) is 6.04 Å². The van der Waals surface area contributed by atoms with Crippen molar-refractivity contribution in [2.75, 3.05) is 25.5 Å². The van der Waals surface area contributed by atoms with Crippen LogP contribution in [0.3, 0.4) is 0 Å². The SMILES string of the molecule is C[C@H](C(=O)Nc1ccccc1-c1ccccc1)N(C)C[C@@H]1COc2ccccc2O1. The van der Waals surface area contributed by atoms with Crippen LogP contribution in [0.4, 0.5) is 5.69 Å². The average molecular weight is 402 g/mol. The number of nitrogens with one attached hydrogen (secondary N) is 1. The van der Waals surface area contributed by atoms with Gasteiger partial charge in [-0.3, -0.25) is 9.69 Å². The van der Waals surface area contributed by atoms with Crippen molar-refractivity contribution in [3.8, 4) is 22.6 Å². The minimum absolute atomic E-state index is 0.0574. The number of rotatable bonds is 6. The van der Waals surface area contributed by atoms with Gasteiger partial charge in [0.25, 0.3) is 0 Å². The van der Waals surface area contributed by atoms with Crippen molar-refractivity contribution in [2.45, 2.75) is 19.1 Å². The molecule has 0 saturated carbocycles. The predicted octanol–water partition coefficient (Wildman–Crippen LogP) is 4.45. The normalized spacial score (nSPS) is 16.2. The summed E-state index contributed by atoms with van der Waals surface area (Å²) in [7, 11) is 1.93. The first kappa shape index (κ1) is 20.0. The lowest BCUT2D eigenvalue weighted by Gasteiger charge is -2.31. The van der Waals surface area contributed by atoms with E-state index in [1.807, 2.05) is 97.7 Å². The van der Waals surface area contributed by atoms with Crippen LogP contribution >= 0.6 is 0 Å². The number of para-hydroxylation sites is 3. The molecule has 30 heavy (non-hydrogen) atoms. The van der Waals surface area contributed by atoms with Gasteiger partial charge in [0.1, 0.15) is 12.7 Å². The van der Waals surface area contributed by atoms with Crippen LogP contribution in [0, 0.1) is 0 Å². The fraction of sp³-hybridized carbons (Fsp3) is 0.240. The molecule has 0 unspecified atom stereocenters. The monoisotopic (exact) mass is 402 g/mol. The Balaban J connectivity index is 1.40. The number of fused-ring (bicyclic) bond motifs is 1. The summed E-state index contributed by atoms with van der Waals surface area (Å²) in [6.45, 7) is 2.95. The Hall–Kier alpha value is -3.31. The van der Waals surface area contributed by atoms with E-state index in [1.54, 1.807) is 0 Å². The lowest BCUT2D eigenvalue weighted by molar-refractivity contribution is -0.120. The van der Waals surface area contributed by atoms with Gasteiger partial charge < -0.3 is 14.8 Å². The molecule has 0 aromatic heterocycles. The third-order valence-electron chi connectivity index (χ3n) is 5.37. The van der Waals surface area contributed by atoms with Crippen molar-refractivity contribution in [2.24, 2.45) is 0 Å². The van der Waals surface area contributed by atoms with Gasteiger partial charge in [0.2, 0.25) is 5.91 Å². The molecule has 1 aliphatic heterocycles. The van der Waals surface area contributed by atoms with Crippen LogP contribution < -0.4 is 14.8 Å². The van der Waals surface area contributed by atoms with Crippen LogP contribution in [-0.2, 0) is 4.79 Å². The third kappa shape index (κ3) is 4.47. The summed E-state index contributed by atoms with van der Waals surface area (Å²) in [5.74, 6) is 1.45. The summed E-state index contributed by atoms with van der Waals surface area (Å²) in [5, 5.41) is 3.09. The number of ether oxygens (including phenoxy) is 2. The Morgan fingerprint density at radius 1 is 1.00 bits per heavy atom. The molecule has 5 heteroatoms. The van der Waals surface area contributed by atoms with Crippen LogP contribution in [0.15, 0.2) is 78.9 Å². The molecule has 0 radical (unpaired) electrons. The van der Waals surface area contributed by atoms with Gasteiger partial charge in [-0.25, -0.2) is 0 Å². The lowest BCUT2D eigenvalue weighted by Crippen LogP contribution is -2.46. The summed E-state index contributed by atoms with van der Waals surface area (Å²) < 4.78 is 11.8. The molecular formula is C25H26N2O3. The zero-order valence-electron chi connectivity index (χ0n) is 17.2. The van der Waals surface area contributed by atoms with Crippen molar-refractivity contribution >= 4 is 11.6 Å². The molecule has 0 bridgehead atoms. The van der Waals surface area contributed by atoms with E-state index >= 15 is 0 Å². The number of likely N-dealkylation sites (N-methyl/N-ethyl adjacent to an activating group) is 1. The molecule has 4 rings (SSSR count). The molecule has 1 N–H and O–H groups in total. The number of hydrogen-bond acceptors (Lipinski definition) is 4. The van der Waals surface area contributed by atoms with Crippen molar-refractivity contribution in [3.05, 3.63) is 78.9 Å². The molecular weight excluding hydrogens is 376 g/mol. The Morgan fingerprint density at radius 2 is 1.67 bits per heavy atom. The minimum Gasteiger partial charge on any atom is -0.486 e. The van der Waals surface area contributed by atoms with E-state index in [1.165, 1.54) is 0 Å². The molecule has 0 fully saturated rings. The molecule has 0 spiro atoms. The van der Waals surface area contributed by atoms with Crippen LogP contribution in [-0.4, -0.2) is 43.2 Å². The largest absolute Gasteiger partial charge is 0.486 e. The highest BCUT2D eigenvalue weighted by atomic mass is 16.6. The number of amides is 1. The number of hydrogen-bond donors (Lipinski definition) is 1. The van der Waals surface area contributed by atoms with Gasteiger partial charge in [-0.2, -0.15) is 0 Å². The van der Waals surface area contributed by atoms with E-state index in [4.69, 9.17) is 9.47 Å². The number of nitrogens with zero attached hydrogens (tertiary/aromatic N) is 1. The fourth-order valence-corrected chi connectivity index (χ4v) is 3.53. The smallest absolute Gasteiger partial charge is 0.241 e. The van der Waals surface area contributed by atoms with Crippen LogP contribution in [0.25, 0.3) is 11.1 Å². The quantitative estimate of drug-likeness (QED) is 0.662. The van der Waals surface area contributed by atoms with E-state index in [-0.39, 0.29) is 18.1 Å². The molecule has 0 saturated heterocycles. The first-order chi connectivity index (χ1) is 14.6. The van der Waals surface area contributed by atoms with Crippen molar-refractivity contribution in [1.82, 2.24) is 4.90 Å². The summed E-state index contributed by atoms with van der Waals surface area (Å²) in [6.07, 6.45) is -0.128. The Bertz CT molecular complexity index is 1010. The van der Waals surface area contributed by atoms with Gasteiger partial charge in [-0.05, 0) is 37.7 Å². The summed E-state index contributed by atoms with van der Waals surface area (Å²) in [6, 6.07) is 25.2. The van der Waals surface area contributed by atoms with E-state index in [0.29, 0.717) is 13.2 Å². The Labute approximate surface area is 177 Å². The Kier molecular flexibility index (Phi) is 6.00. The summed E-state index contributed by atoms with van der Waals surface area (Å²) >= 11 is 0. The number of carbonyl (C=O) groups is 1. The average Bonchev–Trinajstić information content (AvgIpc) is 2.79. The first-order valence-corrected chi connectivity index (χ1v) is 10.2. The molecule has 154 valence electrons. The highest BCUT2D eigenvalue weighted by Crippen LogP contribution is 2.31. The van der Waals surface area contributed by atoms with E-state index in [9.17, 15) is 4.79 Å². The number of benzene rings is 3.